The van der Waals surface area contributed by atoms with Crippen molar-refractivity contribution in [1.29, 1.82) is 0 Å². The van der Waals surface area contributed by atoms with E-state index < -0.39 is 5.60 Å². The van der Waals surface area contributed by atoms with Gasteiger partial charge in [0.2, 0.25) is 0 Å². The van der Waals surface area contributed by atoms with Gasteiger partial charge in [0.1, 0.15) is 0 Å². The molecule has 0 aliphatic heterocycles. The van der Waals surface area contributed by atoms with Crippen molar-refractivity contribution in [1.82, 2.24) is 0 Å². The Bertz CT molecular complexity index is 535. The van der Waals surface area contributed by atoms with Crippen LogP contribution in [-0.4, -0.2) is 10.7 Å². The molecule has 0 bridgehead atoms. The zero-order valence-corrected chi connectivity index (χ0v) is 10.8. The first-order valence-electron chi connectivity index (χ1n) is 6.18. The van der Waals surface area contributed by atoms with Crippen molar-refractivity contribution in [2.75, 3.05) is 0 Å². The van der Waals surface area contributed by atoms with Crippen molar-refractivity contribution in [2.24, 2.45) is 0 Å². The topological polar surface area (TPSA) is 20.2 Å². The Morgan fingerprint density at radius 2 is 1.50 bits per heavy atom. The Labute approximate surface area is 112 Å². The van der Waals surface area contributed by atoms with E-state index in [-0.39, 0.29) is 0 Å². The quantitative estimate of drug-likeness (QED) is 0.875. The maximum absolute atomic E-state index is 10.7. The zero-order chi connectivity index (χ0) is 12.6. The Kier molecular flexibility index (Phi) is 2.89. The first-order valence-corrected chi connectivity index (χ1v) is 6.56. The van der Waals surface area contributed by atoms with Crippen LogP contribution in [-0.2, 0) is 19.3 Å². The third-order valence-electron chi connectivity index (χ3n) is 3.60. The number of halogens is 1. The van der Waals surface area contributed by atoms with Gasteiger partial charge in [-0.25, -0.2) is 0 Å². The SMILES string of the molecule is OC1(Cc2ccc(Cl)cc2)Cc2ccccc2C1. The molecule has 0 fully saturated rings. The summed E-state index contributed by atoms with van der Waals surface area (Å²) in [4.78, 5) is 0. The highest BCUT2D eigenvalue weighted by Gasteiger charge is 2.34. The van der Waals surface area contributed by atoms with E-state index in [0.717, 1.165) is 23.4 Å². The standard InChI is InChI=1S/C16H15ClO/c17-15-7-5-12(6-8-15)9-16(18)10-13-3-1-2-4-14(13)11-16/h1-8,18H,9-11H2. The van der Waals surface area contributed by atoms with Gasteiger partial charge in [-0.15, -0.1) is 0 Å². The highest BCUT2D eigenvalue weighted by Crippen LogP contribution is 2.32. The van der Waals surface area contributed by atoms with Gasteiger partial charge in [0.05, 0.1) is 5.60 Å². The summed E-state index contributed by atoms with van der Waals surface area (Å²) < 4.78 is 0. The molecule has 1 aliphatic carbocycles. The van der Waals surface area contributed by atoms with E-state index in [1.165, 1.54) is 11.1 Å². The Morgan fingerprint density at radius 1 is 0.944 bits per heavy atom. The lowest BCUT2D eigenvalue weighted by Gasteiger charge is -2.22. The van der Waals surface area contributed by atoms with Gasteiger partial charge >= 0.3 is 0 Å². The van der Waals surface area contributed by atoms with Gasteiger partial charge in [-0.3, -0.25) is 0 Å². The van der Waals surface area contributed by atoms with Gasteiger partial charge < -0.3 is 5.11 Å². The molecule has 1 aliphatic rings. The van der Waals surface area contributed by atoms with Crippen molar-refractivity contribution in [3.8, 4) is 0 Å². The second kappa shape index (κ2) is 4.42. The largest absolute Gasteiger partial charge is 0.389 e. The number of fused-ring (bicyclic) bond motifs is 1. The fourth-order valence-electron chi connectivity index (χ4n) is 2.78. The van der Waals surface area contributed by atoms with Crippen molar-refractivity contribution < 1.29 is 5.11 Å². The summed E-state index contributed by atoms with van der Waals surface area (Å²) in [6, 6.07) is 16.0. The Hall–Kier alpha value is -1.31. The molecule has 2 heteroatoms. The summed E-state index contributed by atoms with van der Waals surface area (Å²) in [5.74, 6) is 0. The normalized spacial score (nSPS) is 16.6. The molecule has 0 aromatic heterocycles. The summed E-state index contributed by atoms with van der Waals surface area (Å²) in [6.45, 7) is 0. The Balaban J connectivity index is 1.80. The van der Waals surface area contributed by atoms with E-state index in [1.807, 2.05) is 36.4 Å². The fourth-order valence-corrected chi connectivity index (χ4v) is 2.91. The summed E-state index contributed by atoms with van der Waals surface area (Å²) in [5, 5.41) is 11.4. The van der Waals surface area contributed by atoms with Crippen LogP contribution in [0.25, 0.3) is 0 Å². The van der Waals surface area contributed by atoms with E-state index in [1.54, 1.807) is 0 Å². The molecule has 92 valence electrons. The van der Waals surface area contributed by atoms with E-state index in [4.69, 9.17) is 11.6 Å². The summed E-state index contributed by atoms with van der Waals surface area (Å²) in [5.41, 5.74) is 3.04. The van der Waals surface area contributed by atoms with Gasteiger partial charge in [0, 0.05) is 24.3 Å². The number of benzene rings is 2. The fraction of sp³-hybridized carbons (Fsp3) is 0.250. The van der Waals surface area contributed by atoms with E-state index in [0.29, 0.717) is 6.42 Å². The minimum atomic E-state index is -0.641. The van der Waals surface area contributed by atoms with Crippen molar-refractivity contribution in [2.45, 2.75) is 24.9 Å². The summed E-state index contributed by atoms with van der Waals surface area (Å²) >= 11 is 5.87. The van der Waals surface area contributed by atoms with Crippen molar-refractivity contribution in [3.63, 3.8) is 0 Å². The smallest absolute Gasteiger partial charge is 0.0768 e. The lowest BCUT2D eigenvalue weighted by molar-refractivity contribution is 0.0518. The highest BCUT2D eigenvalue weighted by molar-refractivity contribution is 6.30. The molecule has 0 spiro atoms. The van der Waals surface area contributed by atoms with Gasteiger partial charge in [-0.05, 0) is 28.8 Å². The van der Waals surface area contributed by atoms with Gasteiger partial charge in [-0.2, -0.15) is 0 Å². The minimum absolute atomic E-state index is 0.641. The molecular formula is C16H15ClO. The Morgan fingerprint density at radius 3 is 2.06 bits per heavy atom. The van der Waals surface area contributed by atoms with Crippen LogP contribution in [0.3, 0.4) is 0 Å². The molecule has 1 N–H and O–H groups in total. The molecule has 18 heavy (non-hydrogen) atoms. The molecule has 0 heterocycles. The van der Waals surface area contributed by atoms with Crippen molar-refractivity contribution in [3.05, 3.63) is 70.2 Å². The first-order chi connectivity index (χ1) is 8.65. The lowest BCUT2D eigenvalue weighted by atomic mass is 9.92. The average molecular weight is 259 g/mol. The molecule has 0 atom stereocenters. The maximum Gasteiger partial charge on any atom is 0.0768 e. The zero-order valence-electron chi connectivity index (χ0n) is 10.1. The molecule has 0 radical (unpaired) electrons. The number of hydrogen-bond acceptors (Lipinski definition) is 1. The summed E-state index contributed by atoms with van der Waals surface area (Å²) in [7, 11) is 0. The molecule has 1 nitrogen and oxygen atoms in total. The van der Waals surface area contributed by atoms with E-state index >= 15 is 0 Å². The van der Waals surface area contributed by atoms with Gasteiger partial charge in [0.25, 0.3) is 0 Å². The molecule has 0 saturated heterocycles. The average Bonchev–Trinajstić information content (AvgIpc) is 2.68. The third kappa shape index (κ3) is 2.29. The van der Waals surface area contributed by atoms with Crippen LogP contribution in [0.5, 0.6) is 0 Å². The highest BCUT2D eigenvalue weighted by atomic mass is 35.5. The van der Waals surface area contributed by atoms with Crippen LogP contribution < -0.4 is 0 Å². The van der Waals surface area contributed by atoms with Crippen LogP contribution in [0, 0.1) is 0 Å². The van der Waals surface area contributed by atoms with Crippen LogP contribution in [0.15, 0.2) is 48.5 Å². The van der Waals surface area contributed by atoms with Crippen LogP contribution in [0.4, 0.5) is 0 Å². The third-order valence-corrected chi connectivity index (χ3v) is 3.86. The summed E-state index contributed by atoms with van der Waals surface area (Å²) in [6.07, 6.45) is 2.16. The molecule has 3 rings (SSSR count). The lowest BCUT2D eigenvalue weighted by Crippen LogP contribution is -2.32. The van der Waals surface area contributed by atoms with E-state index in [2.05, 4.69) is 12.1 Å². The van der Waals surface area contributed by atoms with Crippen LogP contribution in [0.2, 0.25) is 5.02 Å². The molecule has 2 aromatic rings. The second-order valence-electron chi connectivity index (χ2n) is 5.15. The molecule has 0 amide bonds. The maximum atomic E-state index is 10.7. The number of rotatable bonds is 2. The van der Waals surface area contributed by atoms with Crippen molar-refractivity contribution >= 4 is 11.6 Å². The minimum Gasteiger partial charge on any atom is -0.389 e. The molecule has 0 saturated carbocycles. The predicted octanol–water partition coefficient (Wildman–Crippen LogP) is 3.41. The van der Waals surface area contributed by atoms with Gasteiger partial charge in [-0.1, -0.05) is 48.0 Å². The number of hydrogen-bond donors (Lipinski definition) is 1. The molecular weight excluding hydrogens is 244 g/mol. The van der Waals surface area contributed by atoms with E-state index in [9.17, 15) is 5.11 Å². The molecule has 2 aromatic carbocycles. The van der Waals surface area contributed by atoms with Crippen LogP contribution >= 0.6 is 11.6 Å². The predicted molar refractivity (Wildman–Crippen MR) is 74.0 cm³/mol. The number of aliphatic hydroxyl groups is 1. The second-order valence-corrected chi connectivity index (χ2v) is 5.59. The first kappa shape index (κ1) is 11.8. The van der Waals surface area contributed by atoms with Gasteiger partial charge in [0.15, 0.2) is 0 Å². The monoisotopic (exact) mass is 258 g/mol. The van der Waals surface area contributed by atoms with Crippen LogP contribution in [0.1, 0.15) is 16.7 Å². The molecule has 0 unspecified atom stereocenters.